The SMILES string of the molecule is CCc1ncsc1C(=O)Nc1cccc(CO)c1. The fraction of sp³-hybridized carbons (Fsp3) is 0.231. The molecule has 1 aromatic heterocycles. The molecule has 2 aromatic rings. The van der Waals surface area contributed by atoms with Crippen molar-refractivity contribution in [2.24, 2.45) is 0 Å². The Morgan fingerprint density at radius 1 is 1.50 bits per heavy atom. The Kier molecular flexibility index (Phi) is 4.07. The minimum absolute atomic E-state index is 0.0372. The van der Waals surface area contributed by atoms with Crippen LogP contribution in [0.2, 0.25) is 0 Å². The number of aromatic nitrogens is 1. The van der Waals surface area contributed by atoms with Gasteiger partial charge in [-0.15, -0.1) is 11.3 Å². The summed E-state index contributed by atoms with van der Waals surface area (Å²) in [7, 11) is 0. The maximum atomic E-state index is 12.1. The van der Waals surface area contributed by atoms with Crippen molar-refractivity contribution in [1.29, 1.82) is 0 Å². The van der Waals surface area contributed by atoms with Gasteiger partial charge in [0.15, 0.2) is 0 Å². The van der Waals surface area contributed by atoms with Gasteiger partial charge >= 0.3 is 0 Å². The van der Waals surface area contributed by atoms with E-state index in [1.165, 1.54) is 11.3 Å². The molecule has 2 rings (SSSR count). The first-order valence-electron chi connectivity index (χ1n) is 5.68. The molecule has 0 aliphatic rings. The summed E-state index contributed by atoms with van der Waals surface area (Å²) in [5, 5.41) is 11.9. The zero-order chi connectivity index (χ0) is 13.0. The van der Waals surface area contributed by atoms with Crippen molar-refractivity contribution in [2.45, 2.75) is 20.0 Å². The number of anilines is 1. The number of hydrogen-bond donors (Lipinski definition) is 2. The first kappa shape index (κ1) is 12.7. The number of hydrogen-bond acceptors (Lipinski definition) is 4. The lowest BCUT2D eigenvalue weighted by atomic mass is 10.2. The molecule has 0 atom stereocenters. The van der Waals surface area contributed by atoms with Crippen LogP contribution in [0.15, 0.2) is 29.8 Å². The number of aliphatic hydroxyl groups excluding tert-OH is 1. The molecule has 1 aromatic carbocycles. The van der Waals surface area contributed by atoms with Gasteiger partial charge in [0.25, 0.3) is 5.91 Å². The number of rotatable bonds is 4. The largest absolute Gasteiger partial charge is 0.392 e. The highest BCUT2D eigenvalue weighted by Crippen LogP contribution is 2.17. The Morgan fingerprint density at radius 3 is 3.06 bits per heavy atom. The monoisotopic (exact) mass is 262 g/mol. The molecule has 0 bridgehead atoms. The fourth-order valence-electron chi connectivity index (χ4n) is 1.64. The van der Waals surface area contributed by atoms with Crippen LogP contribution < -0.4 is 5.32 Å². The molecule has 0 radical (unpaired) electrons. The van der Waals surface area contributed by atoms with Crippen LogP contribution in [0, 0.1) is 0 Å². The molecule has 0 saturated carbocycles. The highest BCUT2D eigenvalue weighted by molar-refractivity contribution is 7.12. The number of carbonyl (C=O) groups excluding carboxylic acids is 1. The standard InChI is InChI=1S/C13H14N2O2S/c1-2-11-12(18-8-14-11)13(17)15-10-5-3-4-9(6-10)7-16/h3-6,8,16H,2,7H2,1H3,(H,15,17). The predicted molar refractivity (Wildman–Crippen MR) is 71.8 cm³/mol. The molecular formula is C13H14N2O2S. The second kappa shape index (κ2) is 5.75. The van der Waals surface area contributed by atoms with E-state index in [2.05, 4.69) is 10.3 Å². The highest BCUT2D eigenvalue weighted by atomic mass is 32.1. The molecule has 0 unspecified atom stereocenters. The third-order valence-electron chi connectivity index (χ3n) is 2.55. The van der Waals surface area contributed by atoms with Crippen LogP contribution in [0.4, 0.5) is 5.69 Å². The first-order valence-corrected chi connectivity index (χ1v) is 6.56. The molecule has 5 heteroatoms. The number of aliphatic hydroxyl groups is 1. The molecule has 1 heterocycles. The van der Waals surface area contributed by atoms with Gasteiger partial charge in [-0.05, 0) is 24.1 Å². The van der Waals surface area contributed by atoms with Crippen molar-refractivity contribution in [3.05, 3.63) is 45.9 Å². The number of aryl methyl sites for hydroxylation is 1. The van der Waals surface area contributed by atoms with Gasteiger partial charge in [-0.1, -0.05) is 19.1 Å². The zero-order valence-electron chi connectivity index (χ0n) is 10.0. The Bertz CT molecular complexity index is 551. The van der Waals surface area contributed by atoms with Gasteiger partial charge in [0.05, 0.1) is 17.8 Å². The maximum absolute atomic E-state index is 12.1. The lowest BCUT2D eigenvalue weighted by Gasteiger charge is -2.06. The summed E-state index contributed by atoms with van der Waals surface area (Å²) in [6, 6.07) is 7.16. The number of nitrogens with zero attached hydrogens (tertiary/aromatic N) is 1. The van der Waals surface area contributed by atoms with Gasteiger partial charge in [0.2, 0.25) is 0 Å². The Morgan fingerprint density at radius 2 is 2.33 bits per heavy atom. The number of amides is 1. The van der Waals surface area contributed by atoms with Gasteiger partial charge < -0.3 is 10.4 Å². The molecule has 18 heavy (non-hydrogen) atoms. The second-order valence-corrected chi connectivity index (χ2v) is 4.65. The summed E-state index contributed by atoms with van der Waals surface area (Å²) in [5.41, 5.74) is 3.95. The van der Waals surface area contributed by atoms with E-state index in [1.807, 2.05) is 6.92 Å². The molecule has 0 saturated heterocycles. The minimum Gasteiger partial charge on any atom is -0.392 e. The molecule has 2 N–H and O–H groups in total. The molecule has 0 fully saturated rings. The molecule has 1 amide bonds. The summed E-state index contributed by atoms with van der Waals surface area (Å²) < 4.78 is 0. The van der Waals surface area contributed by atoms with Crippen LogP contribution in [-0.4, -0.2) is 16.0 Å². The van der Waals surface area contributed by atoms with Gasteiger partial charge in [0.1, 0.15) is 4.88 Å². The smallest absolute Gasteiger partial charge is 0.267 e. The molecular weight excluding hydrogens is 248 g/mol. The van der Waals surface area contributed by atoms with Crippen LogP contribution in [0.25, 0.3) is 0 Å². The van der Waals surface area contributed by atoms with E-state index in [9.17, 15) is 4.79 Å². The van der Waals surface area contributed by atoms with E-state index in [-0.39, 0.29) is 12.5 Å². The van der Waals surface area contributed by atoms with Gasteiger partial charge in [0, 0.05) is 5.69 Å². The van der Waals surface area contributed by atoms with E-state index < -0.39 is 0 Å². The Hall–Kier alpha value is -1.72. The fourth-order valence-corrected chi connectivity index (χ4v) is 2.42. The minimum atomic E-state index is -0.149. The van der Waals surface area contributed by atoms with E-state index >= 15 is 0 Å². The molecule has 0 aliphatic carbocycles. The first-order chi connectivity index (χ1) is 8.74. The number of nitrogens with one attached hydrogen (secondary N) is 1. The Balaban J connectivity index is 2.16. The van der Waals surface area contributed by atoms with Crippen LogP contribution >= 0.6 is 11.3 Å². The quantitative estimate of drug-likeness (QED) is 0.889. The molecule has 4 nitrogen and oxygen atoms in total. The van der Waals surface area contributed by atoms with Gasteiger partial charge in [-0.3, -0.25) is 4.79 Å². The number of carbonyl (C=O) groups is 1. The Labute approximate surface area is 109 Å². The van der Waals surface area contributed by atoms with E-state index in [0.29, 0.717) is 10.6 Å². The lowest BCUT2D eigenvalue weighted by molar-refractivity contribution is 0.102. The van der Waals surface area contributed by atoms with E-state index in [4.69, 9.17) is 5.11 Å². The van der Waals surface area contributed by atoms with Crippen LogP contribution in [0.5, 0.6) is 0 Å². The second-order valence-electron chi connectivity index (χ2n) is 3.79. The average Bonchev–Trinajstić information content (AvgIpc) is 2.87. The molecule has 0 spiro atoms. The summed E-state index contributed by atoms with van der Waals surface area (Å²) in [5.74, 6) is -0.149. The lowest BCUT2D eigenvalue weighted by Crippen LogP contribution is -2.12. The molecule has 94 valence electrons. The number of benzene rings is 1. The average molecular weight is 262 g/mol. The van der Waals surface area contributed by atoms with Crippen LogP contribution in [-0.2, 0) is 13.0 Å². The van der Waals surface area contributed by atoms with Crippen molar-refractivity contribution >= 4 is 22.9 Å². The summed E-state index contributed by atoms with van der Waals surface area (Å²) >= 11 is 1.34. The van der Waals surface area contributed by atoms with Gasteiger partial charge in [-0.2, -0.15) is 0 Å². The van der Waals surface area contributed by atoms with Crippen molar-refractivity contribution < 1.29 is 9.90 Å². The molecule has 0 aliphatic heterocycles. The van der Waals surface area contributed by atoms with E-state index in [0.717, 1.165) is 17.7 Å². The summed E-state index contributed by atoms with van der Waals surface area (Å²) in [6.45, 7) is 1.93. The zero-order valence-corrected chi connectivity index (χ0v) is 10.8. The predicted octanol–water partition coefficient (Wildman–Crippen LogP) is 2.45. The third kappa shape index (κ3) is 2.75. The highest BCUT2D eigenvalue weighted by Gasteiger charge is 2.13. The van der Waals surface area contributed by atoms with Crippen molar-refractivity contribution in [1.82, 2.24) is 4.98 Å². The summed E-state index contributed by atoms with van der Waals surface area (Å²) in [6.07, 6.45) is 0.739. The topological polar surface area (TPSA) is 62.2 Å². The maximum Gasteiger partial charge on any atom is 0.267 e. The summed E-state index contributed by atoms with van der Waals surface area (Å²) in [4.78, 5) is 16.8. The third-order valence-corrected chi connectivity index (χ3v) is 3.42. The van der Waals surface area contributed by atoms with Crippen LogP contribution in [0.1, 0.15) is 27.9 Å². The van der Waals surface area contributed by atoms with Crippen molar-refractivity contribution in [3.63, 3.8) is 0 Å². The van der Waals surface area contributed by atoms with Crippen molar-refractivity contribution in [2.75, 3.05) is 5.32 Å². The van der Waals surface area contributed by atoms with Gasteiger partial charge in [-0.25, -0.2) is 4.98 Å². The van der Waals surface area contributed by atoms with Crippen LogP contribution in [0.3, 0.4) is 0 Å². The van der Waals surface area contributed by atoms with Crippen molar-refractivity contribution in [3.8, 4) is 0 Å². The number of thiazole rings is 1. The normalized spacial score (nSPS) is 10.3. The van der Waals surface area contributed by atoms with E-state index in [1.54, 1.807) is 29.8 Å².